The van der Waals surface area contributed by atoms with Crippen molar-refractivity contribution in [3.8, 4) is 0 Å². The molecule has 1 atom stereocenters. The van der Waals surface area contributed by atoms with Gasteiger partial charge in [0.05, 0.1) is 29.9 Å². The summed E-state index contributed by atoms with van der Waals surface area (Å²) in [5.74, 6) is 0.405. The van der Waals surface area contributed by atoms with E-state index in [1.165, 1.54) is 5.57 Å². The van der Waals surface area contributed by atoms with Gasteiger partial charge in [0.2, 0.25) is 0 Å². The molecular formula is C16H24FN3O2S. The Labute approximate surface area is 137 Å². The summed E-state index contributed by atoms with van der Waals surface area (Å²) in [6.45, 7) is 4.27. The first-order valence-corrected chi connectivity index (χ1v) is 9.97. The first kappa shape index (κ1) is 16.6. The molecule has 1 aromatic rings. The van der Waals surface area contributed by atoms with Gasteiger partial charge >= 0.3 is 0 Å². The number of rotatable bonds is 5. The minimum Gasteiger partial charge on any atom is -0.299 e. The summed E-state index contributed by atoms with van der Waals surface area (Å²) in [6, 6.07) is 0. The molecule has 0 saturated carbocycles. The van der Waals surface area contributed by atoms with Crippen LogP contribution in [0, 0.1) is 0 Å². The predicted molar refractivity (Wildman–Crippen MR) is 88.8 cm³/mol. The summed E-state index contributed by atoms with van der Waals surface area (Å²) < 4.78 is 37.6. The lowest BCUT2D eigenvalue weighted by Crippen LogP contribution is -2.31. The summed E-state index contributed by atoms with van der Waals surface area (Å²) in [4.78, 5) is 2.25. The Morgan fingerprint density at radius 1 is 1.43 bits per heavy atom. The molecule has 3 rings (SSSR count). The molecule has 1 aromatic heterocycles. The molecule has 1 unspecified atom stereocenters. The highest BCUT2D eigenvalue weighted by atomic mass is 32.2. The molecule has 0 aliphatic carbocycles. The normalized spacial score (nSPS) is 28.0. The molecule has 0 bridgehead atoms. The van der Waals surface area contributed by atoms with Crippen LogP contribution in [-0.2, 0) is 15.4 Å². The highest BCUT2D eigenvalue weighted by molar-refractivity contribution is 7.91. The van der Waals surface area contributed by atoms with Crippen molar-refractivity contribution in [2.24, 2.45) is 0 Å². The van der Waals surface area contributed by atoms with Crippen molar-refractivity contribution in [1.29, 1.82) is 0 Å². The van der Waals surface area contributed by atoms with Gasteiger partial charge in [-0.25, -0.2) is 8.42 Å². The van der Waals surface area contributed by atoms with Crippen molar-refractivity contribution in [3.63, 3.8) is 0 Å². The van der Waals surface area contributed by atoms with Crippen LogP contribution < -0.4 is 0 Å². The van der Waals surface area contributed by atoms with Gasteiger partial charge < -0.3 is 0 Å². The molecular weight excluding hydrogens is 317 g/mol. The van der Waals surface area contributed by atoms with Gasteiger partial charge in [-0.2, -0.15) is 5.10 Å². The number of sulfone groups is 1. The standard InChI is InChI=1S/C16H24FN3O2S/c1-16(5-10-23(21,22)13-16)20-12-15(11-18-20)14-3-8-19(9-4-14)7-2-6-17/h3,11-12H,2,4-10,13H2,1H3. The molecule has 1 saturated heterocycles. The lowest BCUT2D eigenvalue weighted by Gasteiger charge is -2.25. The van der Waals surface area contributed by atoms with Gasteiger partial charge in [-0.05, 0) is 31.8 Å². The number of alkyl halides is 1. The zero-order chi connectivity index (χ0) is 16.5. The third-order valence-electron chi connectivity index (χ3n) is 4.89. The maximum absolute atomic E-state index is 12.2. The predicted octanol–water partition coefficient (Wildman–Crippen LogP) is 1.87. The molecule has 5 nitrogen and oxygen atoms in total. The van der Waals surface area contributed by atoms with E-state index in [0.717, 1.165) is 31.6 Å². The van der Waals surface area contributed by atoms with Crippen molar-refractivity contribution >= 4 is 15.4 Å². The fraction of sp³-hybridized carbons (Fsp3) is 0.688. The molecule has 0 radical (unpaired) electrons. The maximum atomic E-state index is 12.2. The van der Waals surface area contributed by atoms with Crippen molar-refractivity contribution in [2.45, 2.75) is 31.7 Å². The second kappa shape index (κ2) is 6.36. The van der Waals surface area contributed by atoms with Gasteiger partial charge in [0.25, 0.3) is 0 Å². The van der Waals surface area contributed by atoms with Gasteiger partial charge in [-0.1, -0.05) is 6.08 Å². The van der Waals surface area contributed by atoms with Crippen LogP contribution in [0.5, 0.6) is 0 Å². The molecule has 0 aromatic carbocycles. The van der Waals surface area contributed by atoms with Crippen molar-refractivity contribution in [2.75, 3.05) is 37.8 Å². The van der Waals surface area contributed by atoms with E-state index in [1.54, 1.807) is 0 Å². The SMILES string of the molecule is CC1(n2cc(C3=CCN(CCCF)CC3)cn2)CCS(=O)(=O)C1. The average Bonchev–Trinajstić information content (AvgIpc) is 3.11. The molecule has 7 heteroatoms. The van der Waals surface area contributed by atoms with Crippen molar-refractivity contribution < 1.29 is 12.8 Å². The van der Waals surface area contributed by atoms with Crippen LogP contribution in [0.4, 0.5) is 4.39 Å². The summed E-state index contributed by atoms with van der Waals surface area (Å²) in [6.07, 6.45) is 8.12. The summed E-state index contributed by atoms with van der Waals surface area (Å²) in [5, 5.41) is 4.43. The lowest BCUT2D eigenvalue weighted by atomic mass is 10.0. The smallest absolute Gasteiger partial charge is 0.152 e. The number of nitrogens with zero attached hydrogens (tertiary/aromatic N) is 3. The van der Waals surface area contributed by atoms with E-state index in [0.29, 0.717) is 12.8 Å². The minimum absolute atomic E-state index is 0.164. The van der Waals surface area contributed by atoms with Crippen molar-refractivity contribution in [3.05, 3.63) is 24.0 Å². The van der Waals surface area contributed by atoms with E-state index in [1.807, 2.05) is 24.0 Å². The Morgan fingerprint density at radius 3 is 2.87 bits per heavy atom. The first-order chi connectivity index (χ1) is 10.9. The number of hydrogen-bond donors (Lipinski definition) is 0. The summed E-state index contributed by atoms with van der Waals surface area (Å²) >= 11 is 0. The fourth-order valence-electron chi connectivity index (χ4n) is 3.42. The van der Waals surface area contributed by atoms with Crippen LogP contribution in [0.15, 0.2) is 18.5 Å². The Morgan fingerprint density at radius 2 is 2.26 bits per heavy atom. The van der Waals surface area contributed by atoms with Crippen LogP contribution in [-0.4, -0.2) is 60.9 Å². The quantitative estimate of drug-likeness (QED) is 0.820. The Bertz CT molecular complexity index is 698. The van der Waals surface area contributed by atoms with Crippen LogP contribution in [0.2, 0.25) is 0 Å². The van der Waals surface area contributed by atoms with E-state index < -0.39 is 15.4 Å². The zero-order valence-electron chi connectivity index (χ0n) is 13.5. The molecule has 2 aliphatic rings. The molecule has 3 heterocycles. The Kier molecular flexibility index (Phi) is 4.60. The van der Waals surface area contributed by atoms with Gasteiger partial charge in [0, 0.05) is 31.4 Å². The second-order valence-electron chi connectivity index (χ2n) is 6.84. The summed E-state index contributed by atoms with van der Waals surface area (Å²) in [7, 11) is -2.95. The van der Waals surface area contributed by atoms with Gasteiger partial charge in [0.15, 0.2) is 9.84 Å². The Hall–Kier alpha value is -1.21. The Balaban J connectivity index is 1.70. The molecule has 23 heavy (non-hydrogen) atoms. The van der Waals surface area contributed by atoms with E-state index >= 15 is 0 Å². The van der Waals surface area contributed by atoms with Crippen molar-refractivity contribution in [1.82, 2.24) is 14.7 Å². The maximum Gasteiger partial charge on any atom is 0.152 e. The zero-order valence-corrected chi connectivity index (χ0v) is 14.4. The van der Waals surface area contributed by atoms with E-state index in [4.69, 9.17) is 0 Å². The lowest BCUT2D eigenvalue weighted by molar-refractivity contribution is 0.282. The van der Waals surface area contributed by atoms with Crippen LogP contribution >= 0.6 is 0 Å². The van der Waals surface area contributed by atoms with Gasteiger partial charge in [-0.3, -0.25) is 14.0 Å². The number of halogens is 1. The van der Waals surface area contributed by atoms with Crippen LogP contribution in [0.25, 0.3) is 5.57 Å². The largest absolute Gasteiger partial charge is 0.299 e. The van der Waals surface area contributed by atoms with Crippen LogP contribution in [0.1, 0.15) is 31.7 Å². The average molecular weight is 341 g/mol. The second-order valence-corrected chi connectivity index (χ2v) is 9.02. The van der Waals surface area contributed by atoms with Crippen LogP contribution in [0.3, 0.4) is 0 Å². The number of aromatic nitrogens is 2. The third-order valence-corrected chi connectivity index (χ3v) is 6.78. The highest BCUT2D eigenvalue weighted by Gasteiger charge is 2.40. The minimum atomic E-state index is -2.95. The number of hydrogen-bond acceptors (Lipinski definition) is 4. The molecule has 128 valence electrons. The highest BCUT2D eigenvalue weighted by Crippen LogP contribution is 2.31. The molecule has 0 amide bonds. The fourth-order valence-corrected chi connectivity index (χ4v) is 5.54. The van der Waals surface area contributed by atoms with E-state index in [-0.39, 0.29) is 18.2 Å². The van der Waals surface area contributed by atoms with E-state index in [9.17, 15) is 12.8 Å². The third kappa shape index (κ3) is 3.66. The molecule has 0 N–H and O–H groups in total. The summed E-state index contributed by atoms with van der Waals surface area (Å²) in [5.41, 5.74) is 1.89. The van der Waals surface area contributed by atoms with Gasteiger partial charge in [-0.15, -0.1) is 0 Å². The molecule has 2 aliphatic heterocycles. The molecule has 1 fully saturated rings. The first-order valence-electron chi connectivity index (χ1n) is 8.15. The van der Waals surface area contributed by atoms with E-state index in [2.05, 4.69) is 16.1 Å². The molecule has 0 spiro atoms. The topological polar surface area (TPSA) is 55.2 Å². The monoisotopic (exact) mass is 341 g/mol. The van der Waals surface area contributed by atoms with Gasteiger partial charge in [0.1, 0.15) is 0 Å².